The fourth-order valence-corrected chi connectivity index (χ4v) is 2.39. The second kappa shape index (κ2) is 7.13. The van der Waals surface area contributed by atoms with Gasteiger partial charge in [-0.1, -0.05) is 24.6 Å². The van der Waals surface area contributed by atoms with E-state index in [9.17, 15) is 4.79 Å². The Kier molecular flexibility index (Phi) is 6.11. The fraction of sp³-hybridized carbons (Fsp3) is 0.500. The Labute approximate surface area is 125 Å². The number of rotatable bonds is 2. The van der Waals surface area contributed by atoms with Gasteiger partial charge in [-0.05, 0) is 50.0 Å². The lowest BCUT2D eigenvalue weighted by Crippen LogP contribution is -2.48. The first kappa shape index (κ1) is 16.3. The third-order valence-electron chi connectivity index (χ3n) is 3.54. The Bertz CT molecular complexity index is 451. The molecule has 1 amide bonds. The molecular formula is C14H20Cl2N2O. The summed E-state index contributed by atoms with van der Waals surface area (Å²) in [6.45, 7) is 6.00. The maximum Gasteiger partial charge on any atom is 0.251 e. The Morgan fingerprint density at radius 3 is 2.84 bits per heavy atom. The zero-order chi connectivity index (χ0) is 13.1. The molecule has 2 rings (SSSR count). The first-order valence-electron chi connectivity index (χ1n) is 6.35. The van der Waals surface area contributed by atoms with Crippen LogP contribution in [0.1, 0.15) is 29.3 Å². The molecule has 19 heavy (non-hydrogen) atoms. The molecule has 2 unspecified atom stereocenters. The van der Waals surface area contributed by atoms with E-state index in [1.807, 2.05) is 19.1 Å². The van der Waals surface area contributed by atoms with Crippen LogP contribution >= 0.6 is 24.0 Å². The Balaban J connectivity index is 0.00000180. The van der Waals surface area contributed by atoms with Gasteiger partial charge in [0.1, 0.15) is 0 Å². The van der Waals surface area contributed by atoms with Gasteiger partial charge in [-0.15, -0.1) is 12.4 Å². The molecule has 5 heteroatoms. The summed E-state index contributed by atoms with van der Waals surface area (Å²) in [4.78, 5) is 12.1. The lowest BCUT2D eigenvalue weighted by molar-refractivity contribution is 0.0914. The van der Waals surface area contributed by atoms with E-state index in [0.29, 0.717) is 16.5 Å². The summed E-state index contributed by atoms with van der Waals surface area (Å²) in [5.74, 6) is 0.430. The van der Waals surface area contributed by atoms with Crippen LogP contribution in [0.25, 0.3) is 0 Å². The van der Waals surface area contributed by atoms with E-state index in [4.69, 9.17) is 11.6 Å². The lowest BCUT2D eigenvalue weighted by Gasteiger charge is -2.30. The number of carbonyl (C=O) groups is 1. The highest BCUT2D eigenvalue weighted by molar-refractivity contribution is 6.31. The number of carbonyl (C=O) groups excluding carboxylic acids is 1. The molecule has 2 atom stereocenters. The van der Waals surface area contributed by atoms with Crippen molar-refractivity contribution in [3.63, 3.8) is 0 Å². The molecule has 1 aliphatic rings. The molecule has 0 aliphatic carbocycles. The third kappa shape index (κ3) is 4.10. The molecule has 1 aromatic carbocycles. The summed E-state index contributed by atoms with van der Waals surface area (Å²) < 4.78 is 0. The number of aryl methyl sites for hydroxylation is 1. The van der Waals surface area contributed by atoms with Crippen molar-refractivity contribution in [1.29, 1.82) is 0 Å². The van der Waals surface area contributed by atoms with Crippen LogP contribution in [-0.4, -0.2) is 25.0 Å². The number of halogens is 2. The standard InChI is InChI=1S/C14H19ClN2O.ClH/c1-9-3-4-11(7-12(9)15)14(18)17-13-5-6-16-8-10(13)2;/h3-4,7,10,13,16H,5-6,8H2,1-2H3,(H,17,18);1H. The van der Waals surface area contributed by atoms with Crippen LogP contribution in [0.3, 0.4) is 0 Å². The van der Waals surface area contributed by atoms with Crippen LogP contribution in [0.5, 0.6) is 0 Å². The van der Waals surface area contributed by atoms with Gasteiger partial charge in [0.25, 0.3) is 5.91 Å². The Hall–Kier alpha value is -0.770. The minimum Gasteiger partial charge on any atom is -0.349 e. The van der Waals surface area contributed by atoms with E-state index in [1.54, 1.807) is 6.07 Å². The average molecular weight is 303 g/mol. The van der Waals surface area contributed by atoms with Gasteiger partial charge in [-0.25, -0.2) is 0 Å². The van der Waals surface area contributed by atoms with Gasteiger partial charge >= 0.3 is 0 Å². The van der Waals surface area contributed by atoms with Crippen LogP contribution in [0.4, 0.5) is 0 Å². The quantitative estimate of drug-likeness (QED) is 0.882. The number of piperidine rings is 1. The summed E-state index contributed by atoms with van der Waals surface area (Å²) in [5, 5.41) is 7.06. The number of nitrogens with one attached hydrogen (secondary N) is 2. The number of hydrogen-bond donors (Lipinski definition) is 2. The normalized spacial score (nSPS) is 22.5. The van der Waals surface area contributed by atoms with Gasteiger partial charge in [0, 0.05) is 16.6 Å². The summed E-state index contributed by atoms with van der Waals surface area (Å²) >= 11 is 6.04. The smallest absolute Gasteiger partial charge is 0.251 e. The maximum atomic E-state index is 12.1. The molecule has 1 aliphatic heterocycles. The summed E-state index contributed by atoms with van der Waals surface area (Å²) in [7, 11) is 0. The topological polar surface area (TPSA) is 41.1 Å². The van der Waals surface area contributed by atoms with E-state index in [1.165, 1.54) is 0 Å². The van der Waals surface area contributed by atoms with Gasteiger partial charge in [-0.2, -0.15) is 0 Å². The molecule has 3 nitrogen and oxygen atoms in total. The van der Waals surface area contributed by atoms with Crippen LogP contribution in [0.2, 0.25) is 5.02 Å². The first-order valence-corrected chi connectivity index (χ1v) is 6.73. The molecule has 2 N–H and O–H groups in total. The zero-order valence-electron chi connectivity index (χ0n) is 11.2. The predicted octanol–water partition coefficient (Wildman–Crippen LogP) is 2.80. The molecule has 106 valence electrons. The molecule has 1 aromatic rings. The summed E-state index contributed by atoms with van der Waals surface area (Å²) in [6, 6.07) is 5.68. The molecule has 0 spiro atoms. The number of hydrogen-bond acceptors (Lipinski definition) is 2. The van der Waals surface area contributed by atoms with E-state index in [0.717, 1.165) is 25.1 Å². The highest BCUT2D eigenvalue weighted by Crippen LogP contribution is 2.17. The minimum atomic E-state index is -0.0318. The summed E-state index contributed by atoms with van der Waals surface area (Å²) in [6.07, 6.45) is 0.979. The lowest BCUT2D eigenvalue weighted by atomic mass is 9.95. The largest absolute Gasteiger partial charge is 0.349 e. The van der Waals surface area contributed by atoms with Gasteiger partial charge in [0.05, 0.1) is 0 Å². The molecule has 1 fully saturated rings. The van der Waals surface area contributed by atoms with E-state index in [2.05, 4.69) is 17.6 Å². The number of amides is 1. The van der Waals surface area contributed by atoms with Crippen molar-refractivity contribution in [2.24, 2.45) is 5.92 Å². The maximum absolute atomic E-state index is 12.1. The van der Waals surface area contributed by atoms with E-state index >= 15 is 0 Å². The molecular weight excluding hydrogens is 283 g/mol. The van der Waals surface area contributed by atoms with Crippen LogP contribution in [-0.2, 0) is 0 Å². The fourth-order valence-electron chi connectivity index (χ4n) is 2.21. The highest BCUT2D eigenvalue weighted by atomic mass is 35.5. The second-order valence-electron chi connectivity index (χ2n) is 5.01. The van der Waals surface area contributed by atoms with Crippen LogP contribution < -0.4 is 10.6 Å². The van der Waals surface area contributed by atoms with Gasteiger partial charge in [-0.3, -0.25) is 4.79 Å². The molecule has 1 saturated heterocycles. The van der Waals surface area contributed by atoms with E-state index < -0.39 is 0 Å². The zero-order valence-corrected chi connectivity index (χ0v) is 12.8. The van der Waals surface area contributed by atoms with Crippen molar-refractivity contribution < 1.29 is 4.79 Å². The SMILES string of the molecule is Cc1ccc(C(=O)NC2CCNCC2C)cc1Cl.Cl. The highest BCUT2D eigenvalue weighted by Gasteiger charge is 2.23. The Morgan fingerprint density at radius 1 is 1.47 bits per heavy atom. The Morgan fingerprint density at radius 2 is 2.21 bits per heavy atom. The molecule has 0 saturated carbocycles. The van der Waals surface area contributed by atoms with Crippen LogP contribution in [0.15, 0.2) is 18.2 Å². The molecule has 1 heterocycles. The predicted molar refractivity (Wildman–Crippen MR) is 81.3 cm³/mol. The van der Waals surface area contributed by atoms with Crippen molar-refractivity contribution >= 4 is 29.9 Å². The number of benzene rings is 1. The minimum absolute atomic E-state index is 0. The molecule has 0 aromatic heterocycles. The molecule has 0 bridgehead atoms. The first-order chi connectivity index (χ1) is 8.58. The van der Waals surface area contributed by atoms with Gasteiger partial charge in [0.2, 0.25) is 0 Å². The molecule has 0 radical (unpaired) electrons. The van der Waals surface area contributed by atoms with Crippen molar-refractivity contribution in [3.05, 3.63) is 34.3 Å². The van der Waals surface area contributed by atoms with Gasteiger partial charge < -0.3 is 10.6 Å². The summed E-state index contributed by atoms with van der Waals surface area (Å²) in [5.41, 5.74) is 1.62. The van der Waals surface area contributed by atoms with E-state index in [-0.39, 0.29) is 24.4 Å². The van der Waals surface area contributed by atoms with Crippen molar-refractivity contribution in [3.8, 4) is 0 Å². The second-order valence-corrected chi connectivity index (χ2v) is 5.42. The van der Waals surface area contributed by atoms with Gasteiger partial charge in [0.15, 0.2) is 0 Å². The van der Waals surface area contributed by atoms with Crippen molar-refractivity contribution in [2.45, 2.75) is 26.3 Å². The van der Waals surface area contributed by atoms with Crippen LogP contribution in [0, 0.1) is 12.8 Å². The van der Waals surface area contributed by atoms with Crippen molar-refractivity contribution in [2.75, 3.05) is 13.1 Å². The van der Waals surface area contributed by atoms with Crippen molar-refractivity contribution in [1.82, 2.24) is 10.6 Å². The monoisotopic (exact) mass is 302 g/mol. The average Bonchev–Trinajstić information content (AvgIpc) is 2.35. The third-order valence-corrected chi connectivity index (χ3v) is 3.94.